The molecular formula is C23H16I3NO4. The van der Waals surface area contributed by atoms with Crippen LogP contribution in [-0.4, -0.2) is 17.0 Å². The van der Waals surface area contributed by atoms with Crippen LogP contribution in [0.4, 0.5) is 0 Å². The molecule has 8 heteroatoms. The fourth-order valence-electron chi connectivity index (χ4n) is 2.68. The third kappa shape index (κ3) is 6.91. The third-order valence-corrected chi connectivity index (χ3v) is 6.39. The molecule has 0 fully saturated rings. The number of carboxylic acids is 1. The molecule has 5 nitrogen and oxygen atoms in total. The summed E-state index contributed by atoms with van der Waals surface area (Å²) >= 11 is 6.59. The zero-order valence-electron chi connectivity index (χ0n) is 15.9. The van der Waals surface area contributed by atoms with Crippen LogP contribution in [-0.2, 0) is 11.4 Å². The van der Waals surface area contributed by atoms with E-state index >= 15 is 0 Å². The molecule has 0 aliphatic carbocycles. The van der Waals surface area contributed by atoms with Gasteiger partial charge in [0.15, 0.2) is 0 Å². The predicted octanol–water partition coefficient (Wildman–Crippen LogP) is 5.93. The Morgan fingerprint density at radius 2 is 1.61 bits per heavy atom. The summed E-state index contributed by atoms with van der Waals surface area (Å²) in [6.45, 7) is 0.436. The van der Waals surface area contributed by atoms with Crippen molar-refractivity contribution in [2.75, 3.05) is 0 Å². The Kier molecular flexibility index (Phi) is 8.72. The van der Waals surface area contributed by atoms with E-state index in [4.69, 9.17) is 4.74 Å². The monoisotopic (exact) mass is 751 g/mol. The fraction of sp³-hybridized carbons (Fsp3) is 0.0435. The van der Waals surface area contributed by atoms with Crippen molar-refractivity contribution in [3.63, 3.8) is 0 Å². The summed E-state index contributed by atoms with van der Waals surface area (Å²) in [6.07, 6.45) is 1.44. The first kappa shape index (κ1) is 24.0. The molecule has 158 valence electrons. The summed E-state index contributed by atoms with van der Waals surface area (Å²) in [6, 6.07) is 20.2. The van der Waals surface area contributed by atoms with Gasteiger partial charge in [-0.25, -0.2) is 4.79 Å². The molecule has 0 radical (unpaired) electrons. The fourth-order valence-corrected chi connectivity index (χ4v) is 5.42. The van der Waals surface area contributed by atoms with Crippen LogP contribution < -0.4 is 10.1 Å². The molecule has 0 bridgehead atoms. The van der Waals surface area contributed by atoms with Crippen molar-refractivity contribution in [2.45, 2.75) is 6.61 Å². The van der Waals surface area contributed by atoms with Crippen molar-refractivity contribution < 1.29 is 19.4 Å². The van der Waals surface area contributed by atoms with Gasteiger partial charge < -0.3 is 15.2 Å². The van der Waals surface area contributed by atoms with Crippen LogP contribution in [0.25, 0.3) is 6.08 Å². The highest BCUT2D eigenvalue weighted by atomic mass is 127. The van der Waals surface area contributed by atoms with Crippen LogP contribution >= 0.6 is 67.8 Å². The van der Waals surface area contributed by atoms with E-state index in [-0.39, 0.29) is 5.70 Å². The third-order valence-electron chi connectivity index (χ3n) is 4.12. The van der Waals surface area contributed by atoms with Crippen LogP contribution in [0, 0.1) is 10.7 Å². The Hall–Kier alpha value is -1.67. The Morgan fingerprint density at radius 3 is 2.23 bits per heavy atom. The standard InChI is InChI=1S/C23H16I3NO4/c24-17-8-4-5-14(9-17)13-31-21-18(25)10-15(11-19(21)26)12-20(23(29)30)27-22(28)16-6-2-1-3-7-16/h1-12H,13H2,(H,27,28)(H,29,30). The summed E-state index contributed by atoms with van der Waals surface area (Å²) in [7, 11) is 0. The highest BCUT2D eigenvalue weighted by Gasteiger charge is 2.15. The van der Waals surface area contributed by atoms with Gasteiger partial charge in [0.05, 0.1) is 7.14 Å². The second-order valence-electron chi connectivity index (χ2n) is 6.42. The number of hydrogen-bond donors (Lipinski definition) is 2. The lowest BCUT2D eigenvalue weighted by atomic mass is 10.1. The number of carbonyl (C=O) groups excluding carboxylic acids is 1. The molecule has 0 saturated carbocycles. The van der Waals surface area contributed by atoms with Crippen molar-refractivity contribution in [3.05, 3.63) is 99.8 Å². The van der Waals surface area contributed by atoms with Gasteiger partial charge in [0.2, 0.25) is 0 Å². The maximum atomic E-state index is 12.3. The lowest BCUT2D eigenvalue weighted by molar-refractivity contribution is -0.132. The van der Waals surface area contributed by atoms with E-state index in [0.717, 1.165) is 22.0 Å². The summed E-state index contributed by atoms with van der Waals surface area (Å²) in [5.74, 6) is -0.952. The van der Waals surface area contributed by atoms with Crippen molar-refractivity contribution in [2.24, 2.45) is 0 Å². The number of ether oxygens (including phenoxy) is 1. The van der Waals surface area contributed by atoms with Crippen LogP contribution in [0.1, 0.15) is 21.5 Å². The van der Waals surface area contributed by atoms with Gasteiger partial charge in [-0.15, -0.1) is 0 Å². The van der Waals surface area contributed by atoms with Gasteiger partial charge in [0.1, 0.15) is 18.1 Å². The molecule has 0 spiro atoms. The highest BCUT2D eigenvalue weighted by Crippen LogP contribution is 2.30. The first-order valence-corrected chi connectivity index (χ1v) is 12.2. The van der Waals surface area contributed by atoms with Crippen LogP contribution in [0.2, 0.25) is 0 Å². The number of carbonyl (C=O) groups is 2. The van der Waals surface area contributed by atoms with Gasteiger partial charge in [-0.1, -0.05) is 30.3 Å². The number of carboxylic acid groups (broad SMARTS) is 1. The van der Waals surface area contributed by atoms with Crippen molar-refractivity contribution in [3.8, 4) is 5.75 Å². The Bertz CT molecular complexity index is 1120. The average molecular weight is 751 g/mol. The predicted molar refractivity (Wildman–Crippen MR) is 145 cm³/mol. The molecule has 0 aliphatic heterocycles. The molecule has 0 atom stereocenters. The molecule has 3 aromatic rings. The van der Waals surface area contributed by atoms with Crippen LogP contribution in [0.5, 0.6) is 5.75 Å². The Labute approximate surface area is 220 Å². The average Bonchev–Trinajstić information content (AvgIpc) is 2.73. The second-order valence-corrected chi connectivity index (χ2v) is 9.99. The zero-order chi connectivity index (χ0) is 22.4. The smallest absolute Gasteiger partial charge is 0.352 e. The molecular weight excluding hydrogens is 735 g/mol. The maximum Gasteiger partial charge on any atom is 0.352 e. The molecule has 31 heavy (non-hydrogen) atoms. The molecule has 3 aromatic carbocycles. The minimum absolute atomic E-state index is 0.201. The first-order chi connectivity index (χ1) is 14.8. The van der Waals surface area contributed by atoms with Gasteiger partial charge in [-0.2, -0.15) is 0 Å². The van der Waals surface area contributed by atoms with E-state index in [1.807, 2.05) is 30.3 Å². The van der Waals surface area contributed by atoms with E-state index in [9.17, 15) is 14.7 Å². The van der Waals surface area contributed by atoms with Crippen molar-refractivity contribution >= 4 is 85.7 Å². The van der Waals surface area contributed by atoms with E-state index < -0.39 is 11.9 Å². The zero-order valence-corrected chi connectivity index (χ0v) is 22.4. The molecule has 1 amide bonds. The molecule has 0 aromatic heterocycles. The summed E-state index contributed by atoms with van der Waals surface area (Å²) in [5.41, 5.74) is 1.91. The summed E-state index contributed by atoms with van der Waals surface area (Å²) in [5, 5.41) is 12.0. The van der Waals surface area contributed by atoms with Gasteiger partial charge in [0.25, 0.3) is 5.91 Å². The maximum absolute atomic E-state index is 12.3. The van der Waals surface area contributed by atoms with Gasteiger partial charge in [-0.3, -0.25) is 4.79 Å². The normalized spacial score (nSPS) is 11.1. The highest BCUT2D eigenvalue weighted by molar-refractivity contribution is 14.1. The van der Waals surface area contributed by atoms with Crippen LogP contribution in [0.15, 0.2) is 72.4 Å². The summed E-state index contributed by atoms with van der Waals surface area (Å²) in [4.78, 5) is 24.0. The number of nitrogens with one attached hydrogen (secondary N) is 1. The molecule has 0 heterocycles. The number of rotatable bonds is 7. The van der Waals surface area contributed by atoms with E-state index in [2.05, 4.69) is 79.2 Å². The van der Waals surface area contributed by atoms with E-state index in [1.165, 1.54) is 6.08 Å². The Balaban J connectivity index is 1.80. The van der Waals surface area contributed by atoms with Gasteiger partial charge in [0, 0.05) is 9.13 Å². The quantitative estimate of drug-likeness (QED) is 0.232. The van der Waals surface area contributed by atoms with Crippen molar-refractivity contribution in [1.82, 2.24) is 5.32 Å². The number of benzene rings is 3. The minimum atomic E-state index is -1.21. The number of aliphatic carboxylic acids is 1. The molecule has 0 aliphatic rings. The Morgan fingerprint density at radius 1 is 0.935 bits per heavy atom. The SMILES string of the molecule is O=C(O)C(=Cc1cc(I)c(OCc2cccc(I)c2)c(I)c1)NC(=O)c1ccccc1. The molecule has 2 N–H and O–H groups in total. The topological polar surface area (TPSA) is 75.6 Å². The lowest BCUT2D eigenvalue weighted by Gasteiger charge is -2.12. The van der Waals surface area contributed by atoms with Gasteiger partial charge >= 0.3 is 5.97 Å². The second kappa shape index (κ2) is 11.3. The van der Waals surface area contributed by atoms with Crippen LogP contribution in [0.3, 0.4) is 0 Å². The molecule has 0 unspecified atom stereocenters. The largest absolute Gasteiger partial charge is 0.487 e. The van der Waals surface area contributed by atoms with Gasteiger partial charge in [-0.05, 0) is 121 Å². The number of hydrogen-bond acceptors (Lipinski definition) is 3. The van der Waals surface area contributed by atoms with Crippen molar-refractivity contribution in [1.29, 1.82) is 0 Å². The minimum Gasteiger partial charge on any atom is -0.487 e. The lowest BCUT2D eigenvalue weighted by Crippen LogP contribution is -2.27. The number of halogens is 3. The number of amides is 1. The molecule has 0 saturated heterocycles. The first-order valence-electron chi connectivity index (χ1n) is 9.01. The summed E-state index contributed by atoms with van der Waals surface area (Å²) < 4.78 is 8.85. The van der Waals surface area contributed by atoms with E-state index in [0.29, 0.717) is 17.7 Å². The van der Waals surface area contributed by atoms with E-state index in [1.54, 1.807) is 30.3 Å². The molecule has 3 rings (SSSR count).